The molecule has 51 heavy (non-hydrogen) atoms. The van der Waals surface area contributed by atoms with Crippen molar-refractivity contribution in [3.63, 3.8) is 0 Å². The van der Waals surface area contributed by atoms with Gasteiger partial charge in [-0.05, 0) is 71.8 Å². The molecule has 0 aliphatic carbocycles. The van der Waals surface area contributed by atoms with Gasteiger partial charge in [0.05, 0.1) is 22.1 Å². The Morgan fingerprint density at radius 1 is 0.510 bits per heavy atom. The van der Waals surface area contributed by atoms with Crippen LogP contribution in [0.3, 0.4) is 0 Å². The standard InChI is InChI=1S/C46H30N4S/c1-2-11-31(12-3-1)49-40-18-7-4-13-32(40)37-27-29(21-23-42(37)49)30-22-24-43-38(28-30)33-14-5-8-19-41(33)50(43)46-47-26-25-39(48-46)36-17-10-16-35-34-15-6-9-20-44(34)51-45(35)36/h1-28,46,48H. The fourth-order valence-corrected chi connectivity index (χ4v) is 9.37. The Morgan fingerprint density at radius 2 is 1.12 bits per heavy atom. The molecule has 1 unspecified atom stereocenters. The molecule has 0 bridgehead atoms. The van der Waals surface area contributed by atoms with Crippen molar-refractivity contribution < 1.29 is 0 Å². The first-order valence-corrected chi connectivity index (χ1v) is 18.1. The van der Waals surface area contributed by atoms with Crippen molar-refractivity contribution >= 4 is 87.0 Å². The Hall–Kier alpha value is -6.43. The zero-order chi connectivity index (χ0) is 33.5. The van der Waals surface area contributed by atoms with E-state index in [0.29, 0.717) is 0 Å². The molecule has 0 saturated carbocycles. The minimum atomic E-state index is -0.289. The Labute approximate surface area is 297 Å². The summed E-state index contributed by atoms with van der Waals surface area (Å²) in [7, 11) is 0. The van der Waals surface area contributed by atoms with Crippen molar-refractivity contribution in [3.05, 3.63) is 169 Å². The minimum Gasteiger partial charge on any atom is -0.346 e. The molecule has 4 nitrogen and oxygen atoms in total. The highest BCUT2D eigenvalue weighted by Gasteiger charge is 2.22. The Bertz CT molecular complexity index is 3070. The summed E-state index contributed by atoms with van der Waals surface area (Å²) in [5.41, 5.74) is 10.6. The first kappa shape index (κ1) is 28.4. The van der Waals surface area contributed by atoms with Crippen LogP contribution in [0.2, 0.25) is 0 Å². The second kappa shape index (κ2) is 11.0. The smallest absolute Gasteiger partial charge is 0.200 e. The molecule has 240 valence electrons. The molecule has 4 heterocycles. The lowest BCUT2D eigenvalue weighted by atomic mass is 10.0. The number of fused-ring (bicyclic) bond motifs is 9. The second-order valence-corrected chi connectivity index (χ2v) is 14.3. The first-order chi connectivity index (χ1) is 25.3. The van der Waals surface area contributed by atoms with Crippen LogP contribution in [0.4, 0.5) is 0 Å². The summed E-state index contributed by atoms with van der Waals surface area (Å²) in [4.78, 5) is 4.99. The van der Waals surface area contributed by atoms with E-state index in [1.165, 1.54) is 75.1 Å². The number of aromatic nitrogens is 2. The second-order valence-electron chi connectivity index (χ2n) is 13.2. The van der Waals surface area contributed by atoms with Crippen molar-refractivity contribution in [3.8, 4) is 16.8 Å². The molecule has 10 aromatic rings. The maximum Gasteiger partial charge on any atom is 0.200 e. The number of rotatable bonds is 4. The Kier molecular flexibility index (Phi) is 6.15. The van der Waals surface area contributed by atoms with Gasteiger partial charge in [0, 0.05) is 64.9 Å². The van der Waals surface area contributed by atoms with Gasteiger partial charge < -0.3 is 14.5 Å². The molecule has 3 aromatic heterocycles. The van der Waals surface area contributed by atoms with Crippen LogP contribution in [-0.2, 0) is 0 Å². The van der Waals surface area contributed by atoms with Gasteiger partial charge in [-0.1, -0.05) is 103 Å². The summed E-state index contributed by atoms with van der Waals surface area (Å²) in [6.07, 6.45) is 3.77. The fraction of sp³-hybridized carbons (Fsp3) is 0.0217. The molecule has 0 fully saturated rings. The first-order valence-electron chi connectivity index (χ1n) is 17.3. The lowest BCUT2D eigenvalue weighted by Gasteiger charge is -2.24. The maximum absolute atomic E-state index is 4.99. The van der Waals surface area contributed by atoms with Gasteiger partial charge in [0.25, 0.3) is 0 Å². The molecule has 11 rings (SSSR count). The van der Waals surface area contributed by atoms with Gasteiger partial charge in [0.2, 0.25) is 6.29 Å². The SMILES string of the molecule is C1=NC(n2c3ccccc3c3cc(-c4ccc5c(c4)c4ccccc4n5-c4ccccc4)ccc32)NC(c2cccc3c2sc2ccccc23)=C1. The summed E-state index contributed by atoms with van der Waals surface area (Å²) >= 11 is 1.85. The van der Waals surface area contributed by atoms with E-state index in [4.69, 9.17) is 4.99 Å². The number of nitrogens with one attached hydrogen (secondary N) is 1. The zero-order valence-corrected chi connectivity index (χ0v) is 28.3. The van der Waals surface area contributed by atoms with E-state index in [-0.39, 0.29) is 6.29 Å². The predicted molar refractivity (Wildman–Crippen MR) is 217 cm³/mol. The molecule has 1 aliphatic rings. The number of benzene rings is 7. The third-order valence-electron chi connectivity index (χ3n) is 10.4. The Balaban J connectivity index is 1.02. The van der Waals surface area contributed by atoms with Crippen molar-refractivity contribution in [2.24, 2.45) is 4.99 Å². The molecule has 5 heteroatoms. The third-order valence-corrected chi connectivity index (χ3v) is 11.6. The number of hydrogen-bond acceptors (Lipinski definition) is 3. The minimum absolute atomic E-state index is 0.289. The van der Waals surface area contributed by atoms with Crippen LogP contribution in [0.25, 0.3) is 86.3 Å². The molecule has 0 radical (unpaired) electrons. The summed E-state index contributed by atoms with van der Waals surface area (Å²) in [6.45, 7) is 0. The van der Waals surface area contributed by atoms with Crippen LogP contribution in [0.1, 0.15) is 11.9 Å². The molecule has 1 N–H and O–H groups in total. The number of aliphatic imine (C=N–C) groups is 1. The van der Waals surface area contributed by atoms with Crippen molar-refractivity contribution in [1.29, 1.82) is 0 Å². The van der Waals surface area contributed by atoms with Gasteiger partial charge >= 0.3 is 0 Å². The van der Waals surface area contributed by atoms with Gasteiger partial charge in [0.15, 0.2) is 0 Å². The van der Waals surface area contributed by atoms with E-state index in [0.717, 1.165) is 16.7 Å². The molecule has 0 spiro atoms. The van der Waals surface area contributed by atoms with Crippen LogP contribution < -0.4 is 5.32 Å². The third kappa shape index (κ3) is 4.28. The summed E-state index contributed by atoms with van der Waals surface area (Å²) in [6, 6.07) is 57.1. The highest BCUT2D eigenvalue weighted by Crippen LogP contribution is 2.41. The lowest BCUT2D eigenvalue weighted by Crippen LogP contribution is -2.26. The van der Waals surface area contributed by atoms with Crippen molar-refractivity contribution in [2.45, 2.75) is 6.29 Å². The van der Waals surface area contributed by atoms with E-state index < -0.39 is 0 Å². The number of thiophene rings is 1. The number of hydrogen-bond donors (Lipinski definition) is 1. The van der Waals surface area contributed by atoms with Gasteiger partial charge in [-0.3, -0.25) is 0 Å². The molecule has 1 atom stereocenters. The van der Waals surface area contributed by atoms with Gasteiger partial charge in [-0.25, -0.2) is 4.99 Å². The molecule has 0 amide bonds. The highest BCUT2D eigenvalue weighted by molar-refractivity contribution is 7.26. The molecule has 0 saturated heterocycles. The topological polar surface area (TPSA) is 34.2 Å². The van der Waals surface area contributed by atoms with Crippen LogP contribution in [0.5, 0.6) is 0 Å². The summed E-state index contributed by atoms with van der Waals surface area (Å²) in [5, 5.41) is 11.4. The average Bonchev–Trinajstić information content (AvgIpc) is 3.85. The molecular formula is C46H30N4S. The van der Waals surface area contributed by atoms with E-state index >= 15 is 0 Å². The van der Waals surface area contributed by atoms with E-state index in [2.05, 4.69) is 178 Å². The quantitative estimate of drug-likeness (QED) is 0.199. The van der Waals surface area contributed by atoms with Crippen molar-refractivity contribution in [1.82, 2.24) is 14.5 Å². The van der Waals surface area contributed by atoms with Crippen LogP contribution >= 0.6 is 11.3 Å². The van der Waals surface area contributed by atoms with Gasteiger partial charge in [-0.2, -0.15) is 0 Å². The van der Waals surface area contributed by atoms with Crippen molar-refractivity contribution in [2.75, 3.05) is 0 Å². The van der Waals surface area contributed by atoms with E-state index in [1.54, 1.807) is 0 Å². The van der Waals surface area contributed by atoms with Gasteiger partial charge in [-0.15, -0.1) is 11.3 Å². The highest BCUT2D eigenvalue weighted by atomic mass is 32.1. The number of para-hydroxylation sites is 3. The van der Waals surface area contributed by atoms with Crippen LogP contribution in [-0.4, -0.2) is 15.3 Å². The number of allylic oxidation sites excluding steroid dienone is 1. The fourth-order valence-electron chi connectivity index (χ4n) is 8.14. The zero-order valence-electron chi connectivity index (χ0n) is 27.5. The average molecular weight is 671 g/mol. The van der Waals surface area contributed by atoms with Crippen LogP contribution in [0, 0.1) is 0 Å². The van der Waals surface area contributed by atoms with E-state index in [1.807, 2.05) is 17.6 Å². The Morgan fingerprint density at radius 3 is 1.94 bits per heavy atom. The summed E-state index contributed by atoms with van der Waals surface area (Å²) < 4.78 is 7.31. The predicted octanol–water partition coefficient (Wildman–Crippen LogP) is 12.1. The molecular weight excluding hydrogens is 641 g/mol. The normalized spacial score (nSPS) is 14.7. The molecule has 7 aromatic carbocycles. The number of nitrogens with zero attached hydrogens (tertiary/aromatic N) is 3. The largest absolute Gasteiger partial charge is 0.346 e. The summed E-state index contributed by atoms with van der Waals surface area (Å²) in [5.74, 6) is 0. The molecule has 1 aliphatic heterocycles. The maximum atomic E-state index is 4.99. The monoisotopic (exact) mass is 670 g/mol. The van der Waals surface area contributed by atoms with Gasteiger partial charge in [0.1, 0.15) is 0 Å². The van der Waals surface area contributed by atoms with E-state index in [9.17, 15) is 0 Å². The van der Waals surface area contributed by atoms with Crippen LogP contribution in [0.15, 0.2) is 169 Å². The lowest BCUT2D eigenvalue weighted by molar-refractivity contribution is 0.511.